The van der Waals surface area contributed by atoms with Crippen molar-refractivity contribution in [1.29, 1.82) is 0 Å². The Balaban J connectivity index is 1.63. The van der Waals surface area contributed by atoms with Gasteiger partial charge in [0.2, 0.25) is 5.95 Å². The molecular formula is C18H19N5O2S. The highest BCUT2D eigenvalue weighted by molar-refractivity contribution is 7.19. The van der Waals surface area contributed by atoms with Crippen molar-refractivity contribution in [2.24, 2.45) is 0 Å². The summed E-state index contributed by atoms with van der Waals surface area (Å²) in [4.78, 5) is 14.8. The van der Waals surface area contributed by atoms with Crippen LogP contribution in [0.1, 0.15) is 18.2 Å². The minimum Gasteiger partial charge on any atom is -0.508 e. The number of hydrogen-bond acceptors (Lipinski definition) is 8. The average molecular weight is 369 g/mol. The smallest absolute Gasteiger partial charge is 0.227 e. The van der Waals surface area contributed by atoms with E-state index in [9.17, 15) is 10.2 Å². The Hall–Kier alpha value is -2.71. The Bertz CT molecular complexity index is 926. The fourth-order valence-corrected chi connectivity index (χ4v) is 3.95. The number of nitrogens with one attached hydrogen (secondary N) is 2. The number of rotatable bonds is 5. The summed E-state index contributed by atoms with van der Waals surface area (Å²) in [5.74, 6) is 0.724. The Labute approximate surface area is 154 Å². The Morgan fingerprint density at radius 2 is 2.00 bits per heavy atom. The van der Waals surface area contributed by atoms with Gasteiger partial charge in [0.25, 0.3) is 0 Å². The van der Waals surface area contributed by atoms with Crippen molar-refractivity contribution in [2.75, 3.05) is 17.2 Å². The number of aryl methyl sites for hydroxylation is 2. The molecule has 1 aliphatic rings. The van der Waals surface area contributed by atoms with Crippen LogP contribution in [0.3, 0.4) is 0 Å². The molecule has 7 nitrogen and oxygen atoms in total. The van der Waals surface area contributed by atoms with Crippen molar-refractivity contribution in [1.82, 2.24) is 15.0 Å². The first-order chi connectivity index (χ1) is 12.6. The maximum absolute atomic E-state index is 9.39. The minimum atomic E-state index is -0.0424. The zero-order valence-electron chi connectivity index (χ0n) is 14.2. The van der Waals surface area contributed by atoms with E-state index in [-0.39, 0.29) is 18.4 Å². The maximum atomic E-state index is 9.39. The molecule has 1 unspecified atom stereocenters. The lowest BCUT2D eigenvalue weighted by molar-refractivity contribution is 0.281. The van der Waals surface area contributed by atoms with Gasteiger partial charge in [0, 0.05) is 17.9 Å². The molecule has 2 aromatic heterocycles. The summed E-state index contributed by atoms with van der Waals surface area (Å²) in [5, 5.41) is 25.8. The van der Waals surface area contributed by atoms with Crippen LogP contribution in [-0.4, -0.2) is 37.8 Å². The molecule has 26 heavy (non-hydrogen) atoms. The van der Waals surface area contributed by atoms with Crippen LogP contribution in [0, 0.1) is 0 Å². The van der Waals surface area contributed by atoms with Crippen LogP contribution in [-0.2, 0) is 12.8 Å². The Morgan fingerprint density at radius 3 is 2.77 bits per heavy atom. The molecular weight excluding hydrogens is 350 g/mol. The summed E-state index contributed by atoms with van der Waals surface area (Å²) < 4.78 is 0. The lowest BCUT2D eigenvalue weighted by Crippen LogP contribution is -2.19. The number of fused-ring (bicyclic) bond motifs is 3. The van der Waals surface area contributed by atoms with Gasteiger partial charge in [-0.3, -0.25) is 0 Å². The van der Waals surface area contributed by atoms with E-state index < -0.39 is 0 Å². The summed E-state index contributed by atoms with van der Waals surface area (Å²) in [6, 6.07) is 6.73. The van der Waals surface area contributed by atoms with Gasteiger partial charge in [-0.2, -0.15) is 0 Å². The first-order valence-electron chi connectivity index (χ1n) is 8.42. The topological polar surface area (TPSA) is 103 Å². The second-order valence-electron chi connectivity index (χ2n) is 6.26. The molecule has 0 saturated carbocycles. The van der Waals surface area contributed by atoms with E-state index in [2.05, 4.69) is 20.6 Å². The average Bonchev–Trinajstić information content (AvgIpc) is 3.06. The summed E-state index contributed by atoms with van der Waals surface area (Å²) in [5.41, 5.74) is 3.86. The molecule has 8 heteroatoms. The number of phenols is 1. The van der Waals surface area contributed by atoms with E-state index in [1.165, 1.54) is 0 Å². The van der Waals surface area contributed by atoms with Crippen molar-refractivity contribution in [3.05, 3.63) is 41.7 Å². The predicted octanol–water partition coefficient (Wildman–Crippen LogP) is 2.94. The Morgan fingerprint density at radius 1 is 1.19 bits per heavy atom. The van der Waals surface area contributed by atoms with E-state index in [0.717, 1.165) is 45.5 Å². The second-order valence-corrected chi connectivity index (χ2v) is 7.26. The van der Waals surface area contributed by atoms with E-state index >= 15 is 0 Å². The summed E-state index contributed by atoms with van der Waals surface area (Å²) in [6.45, 7) is 1.97. The van der Waals surface area contributed by atoms with Crippen LogP contribution >= 0.6 is 11.3 Å². The summed E-state index contributed by atoms with van der Waals surface area (Å²) in [7, 11) is 0. The standard InChI is InChI=1S/C18H19N5O2S/c1-10(9-24)20-18-22-14-7-2-11-8-19-17(23-15(11)16(14)26-18)21-12-3-5-13(25)6-4-12/h3-6,8,10,24-25H,2,7,9H2,1H3,(H,20,22)(H,19,21,23). The largest absolute Gasteiger partial charge is 0.508 e. The minimum absolute atomic E-state index is 0.0424. The second kappa shape index (κ2) is 6.89. The number of aliphatic hydroxyl groups excluding tert-OH is 1. The van der Waals surface area contributed by atoms with Gasteiger partial charge in [0.15, 0.2) is 5.13 Å². The van der Waals surface area contributed by atoms with Crippen LogP contribution in [0.25, 0.3) is 10.6 Å². The SMILES string of the molecule is CC(CO)Nc1nc2c(s1)-c1nc(Nc3ccc(O)cc3)ncc1CC2. The zero-order chi connectivity index (χ0) is 18.1. The quantitative estimate of drug-likeness (QED) is 0.513. The molecule has 0 saturated heterocycles. The lowest BCUT2D eigenvalue weighted by Gasteiger charge is -2.14. The molecule has 4 rings (SSSR count). The molecule has 0 radical (unpaired) electrons. The zero-order valence-corrected chi connectivity index (χ0v) is 15.0. The lowest BCUT2D eigenvalue weighted by atomic mass is 10.00. The van der Waals surface area contributed by atoms with Crippen molar-refractivity contribution in [3.8, 4) is 16.3 Å². The molecule has 1 atom stereocenters. The first-order valence-corrected chi connectivity index (χ1v) is 9.23. The highest BCUT2D eigenvalue weighted by Gasteiger charge is 2.23. The molecule has 1 aromatic carbocycles. The molecule has 0 aliphatic heterocycles. The summed E-state index contributed by atoms with van der Waals surface area (Å²) >= 11 is 1.55. The number of aromatic hydroxyl groups is 1. The third kappa shape index (κ3) is 3.33. The van der Waals surface area contributed by atoms with Crippen LogP contribution in [0.15, 0.2) is 30.5 Å². The van der Waals surface area contributed by atoms with Crippen LogP contribution in [0.4, 0.5) is 16.8 Å². The van der Waals surface area contributed by atoms with Gasteiger partial charge in [-0.25, -0.2) is 15.0 Å². The number of benzene rings is 1. The van der Waals surface area contributed by atoms with E-state index in [1.807, 2.05) is 13.1 Å². The molecule has 0 amide bonds. The molecule has 0 bridgehead atoms. The van der Waals surface area contributed by atoms with Gasteiger partial charge in [-0.15, -0.1) is 0 Å². The number of nitrogens with zero attached hydrogens (tertiary/aromatic N) is 3. The number of hydrogen-bond donors (Lipinski definition) is 4. The van der Waals surface area contributed by atoms with Gasteiger partial charge in [0.05, 0.1) is 22.9 Å². The number of aliphatic hydroxyl groups is 1. The molecule has 3 aromatic rings. The van der Waals surface area contributed by atoms with E-state index in [0.29, 0.717) is 5.95 Å². The van der Waals surface area contributed by atoms with E-state index in [1.54, 1.807) is 35.6 Å². The number of anilines is 3. The van der Waals surface area contributed by atoms with Gasteiger partial charge >= 0.3 is 0 Å². The number of thiazole rings is 1. The molecule has 2 heterocycles. The molecule has 0 spiro atoms. The molecule has 134 valence electrons. The highest BCUT2D eigenvalue weighted by Crippen LogP contribution is 2.38. The maximum Gasteiger partial charge on any atom is 0.227 e. The highest BCUT2D eigenvalue weighted by atomic mass is 32.1. The first kappa shape index (κ1) is 16.7. The fourth-order valence-electron chi connectivity index (χ4n) is 2.80. The molecule has 0 fully saturated rings. The number of phenolic OH excluding ortho intramolecular Hbond substituents is 1. The van der Waals surface area contributed by atoms with Crippen molar-refractivity contribution in [2.45, 2.75) is 25.8 Å². The van der Waals surface area contributed by atoms with Gasteiger partial charge < -0.3 is 20.8 Å². The monoisotopic (exact) mass is 369 g/mol. The van der Waals surface area contributed by atoms with Crippen molar-refractivity contribution in [3.63, 3.8) is 0 Å². The third-order valence-electron chi connectivity index (χ3n) is 4.18. The van der Waals surface area contributed by atoms with Gasteiger partial charge in [0.1, 0.15) is 5.75 Å². The fraction of sp³-hybridized carbons (Fsp3) is 0.278. The molecule has 4 N–H and O–H groups in total. The molecule has 1 aliphatic carbocycles. The third-order valence-corrected chi connectivity index (χ3v) is 5.21. The predicted molar refractivity (Wildman–Crippen MR) is 102 cm³/mol. The van der Waals surface area contributed by atoms with Crippen LogP contribution in [0.5, 0.6) is 5.75 Å². The van der Waals surface area contributed by atoms with Crippen molar-refractivity contribution >= 4 is 28.1 Å². The van der Waals surface area contributed by atoms with Gasteiger partial charge in [-0.1, -0.05) is 11.3 Å². The Kier molecular flexibility index (Phi) is 4.44. The van der Waals surface area contributed by atoms with Crippen LogP contribution in [0.2, 0.25) is 0 Å². The van der Waals surface area contributed by atoms with Crippen LogP contribution < -0.4 is 10.6 Å². The van der Waals surface area contributed by atoms with Crippen molar-refractivity contribution < 1.29 is 10.2 Å². The van der Waals surface area contributed by atoms with Gasteiger partial charge in [-0.05, 0) is 49.6 Å². The summed E-state index contributed by atoms with van der Waals surface area (Å²) in [6.07, 6.45) is 3.58. The normalized spacial score (nSPS) is 13.6. The number of aromatic nitrogens is 3. The van der Waals surface area contributed by atoms with E-state index in [4.69, 9.17) is 4.98 Å².